The molecule has 0 unspecified atom stereocenters. The molecule has 0 amide bonds. The van der Waals surface area contributed by atoms with E-state index < -0.39 is 17.0 Å². The van der Waals surface area contributed by atoms with Gasteiger partial charge in [-0.2, -0.15) is 0 Å². The Bertz CT molecular complexity index is 1220. The van der Waals surface area contributed by atoms with Gasteiger partial charge in [0.2, 0.25) is 0 Å². The average molecular weight is 393 g/mol. The van der Waals surface area contributed by atoms with E-state index in [0.717, 1.165) is 11.9 Å². The maximum atomic E-state index is 14.2. The van der Waals surface area contributed by atoms with Crippen LogP contribution in [0.3, 0.4) is 0 Å². The number of fused-ring (bicyclic) bond motifs is 1. The summed E-state index contributed by atoms with van der Waals surface area (Å²) in [6, 6.07) is 10.8. The predicted octanol–water partition coefficient (Wildman–Crippen LogP) is 5.30. The molecule has 0 atom stereocenters. The van der Waals surface area contributed by atoms with Gasteiger partial charge in [-0.1, -0.05) is 32.0 Å². The molecule has 29 heavy (non-hydrogen) atoms. The van der Waals surface area contributed by atoms with Crippen LogP contribution in [-0.2, 0) is 5.41 Å². The second kappa shape index (κ2) is 7.28. The number of nitrogens with one attached hydrogen (secondary N) is 2. The van der Waals surface area contributed by atoms with E-state index in [1.54, 1.807) is 30.6 Å². The minimum atomic E-state index is -0.630. The summed E-state index contributed by atoms with van der Waals surface area (Å²) in [6.45, 7) is 4.06. The molecule has 0 spiro atoms. The van der Waals surface area contributed by atoms with Crippen molar-refractivity contribution < 1.29 is 8.78 Å². The van der Waals surface area contributed by atoms with Gasteiger partial charge >= 0.3 is 0 Å². The molecule has 6 heteroatoms. The van der Waals surface area contributed by atoms with E-state index in [-0.39, 0.29) is 5.56 Å². The Labute approximate surface area is 166 Å². The summed E-state index contributed by atoms with van der Waals surface area (Å²) in [5.41, 5.74) is 1.15. The zero-order valence-electron chi connectivity index (χ0n) is 16.2. The van der Waals surface area contributed by atoms with Gasteiger partial charge < -0.3 is 9.97 Å². The molecule has 0 aliphatic heterocycles. The maximum absolute atomic E-state index is 14.2. The summed E-state index contributed by atoms with van der Waals surface area (Å²) in [5.74, 6) is -0.487. The highest BCUT2D eigenvalue weighted by molar-refractivity contribution is 5.87. The van der Waals surface area contributed by atoms with Gasteiger partial charge in [-0.05, 0) is 42.0 Å². The van der Waals surface area contributed by atoms with Crippen LogP contribution in [0.5, 0.6) is 0 Å². The van der Waals surface area contributed by atoms with Gasteiger partial charge in [0.05, 0.1) is 5.41 Å². The summed E-state index contributed by atoms with van der Waals surface area (Å²) in [7, 11) is 0. The van der Waals surface area contributed by atoms with E-state index in [0.29, 0.717) is 40.4 Å². The highest BCUT2D eigenvalue weighted by atomic mass is 19.1. The van der Waals surface area contributed by atoms with E-state index >= 15 is 0 Å². The van der Waals surface area contributed by atoms with E-state index in [1.165, 1.54) is 6.07 Å². The second-order valence-electron chi connectivity index (χ2n) is 7.17. The lowest BCUT2D eigenvalue weighted by atomic mass is 9.75. The number of hydrogen-bond donors (Lipinski definition) is 2. The van der Waals surface area contributed by atoms with Crippen LogP contribution in [-0.4, -0.2) is 15.0 Å². The Hall–Kier alpha value is -3.28. The van der Waals surface area contributed by atoms with Crippen molar-refractivity contribution in [1.82, 2.24) is 15.0 Å². The van der Waals surface area contributed by atoms with E-state index in [2.05, 4.69) is 15.0 Å². The summed E-state index contributed by atoms with van der Waals surface area (Å²) in [6.07, 6.45) is 4.87. The van der Waals surface area contributed by atoms with Gasteiger partial charge in [-0.25, -0.2) is 13.8 Å². The fourth-order valence-corrected chi connectivity index (χ4v) is 4.08. The van der Waals surface area contributed by atoms with Gasteiger partial charge in [0.15, 0.2) is 0 Å². The second-order valence-corrected chi connectivity index (χ2v) is 7.17. The van der Waals surface area contributed by atoms with Crippen LogP contribution in [0.15, 0.2) is 59.7 Å². The van der Waals surface area contributed by atoms with Gasteiger partial charge in [-0.3, -0.25) is 4.79 Å². The standard InChI is InChI=1S/C23H21F2N3O/c1-3-23(4-2,22-26-9-10-27-22)18-7-8-20(28-21(18)29)15-6-5-14-11-16(24)13-19(25)17(14)12-15/h5-13H,3-4H2,1-2H3,(H,26,27)(H,28,29). The number of imidazole rings is 1. The monoisotopic (exact) mass is 393 g/mol. The van der Waals surface area contributed by atoms with Crippen LogP contribution in [0.25, 0.3) is 22.0 Å². The van der Waals surface area contributed by atoms with Crippen LogP contribution >= 0.6 is 0 Å². The van der Waals surface area contributed by atoms with Crippen LogP contribution in [0.1, 0.15) is 38.1 Å². The quantitative estimate of drug-likeness (QED) is 0.483. The molecular weight excluding hydrogens is 372 g/mol. The van der Waals surface area contributed by atoms with E-state index in [4.69, 9.17) is 0 Å². The number of halogens is 2. The zero-order valence-corrected chi connectivity index (χ0v) is 16.2. The van der Waals surface area contributed by atoms with Gasteiger partial charge in [0, 0.05) is 35.1 Å². The molecule has 148 valence electrons. The smallest absolute Gasteiger partial charge is 0.252 e. The lowest BCUT2D eigenvalue weighted by molar-refractivity contribution is 0.448. The number of hydrogen-bond acceptors (Lipinski definition) is 2. The topological polar surface area (TPSA) is 61.5 Å². The highest BCUT2D eigenvalue weighted by Gasteiger charge is 2.35. The Morgan fingerprint density at radius 3 is 2.48 bits per heavy atom. The zero-order chi connectivity index (χ0) is 20.6. The Morgan fingerprint density at radius 2 is 1.83 bits per heavy atom. The molecule has 0 saturated heterocycles. The number of benzene rings is 2. The van der Waals surface area contributed by atoms with Gasteiger partial charge in [0.25, 0.3) is 5.56 Å². The summed E-state index contributed by atoms with van der Waals surface area (Å²) in [5, 5.41) is 0.778. The minimum Gasteiger partial charge on any atom is -0.348 e. The third-order valence-corrected chi connectivity index (χ3v) is 5.76. The van der Waals surface area contributed by atoms with E-state index in [9.17, 15) is 13.6 Å². The lowest BCUT2D eigenvalue weighted by Gasteiger charge is -2.29. The molecule has 0 fully saturated rings. The van der Waals surface area contributed by atoms with Crippen LogP contribution < -0.4 is 5.56 Å². The first-order valence-corrected chi connectivity index (χ1v) is 9.61. The van der Waals surface area contributed by atoms with Gasteiger partial charge in [-0.15, -0.1) is 0 Å². The van der Waals surface area contributed by atoms with Crippen molar-refractivity contribution in [2.24, 2.45) is 0 Å². The third-order valence-electron chi connectivity index (χ3n) is 5.76. The Morgan fingerprint density at radius 1 is 1.03 bits per heavy atom. The van der Waals surface area contributed by atoms with Crippen molar-refractivity contribution in [3.05, 3.63) is 88.2 Å². The number of pyridine rings is 1. The predicted molar refractivity (Wildman–Crippen MR) is 110 cm³/mol. The fraction of sp³-hybridized carbons (Fsp3) is 0.217. The lowest BCUT2D eigenvalue weighted by Crippen LogP contribution is -2.34. The average Bonchev–Trinajstić information content (AvgIpc) is 3.25. The number of aromatic nitrogens is 3. The summed E-state index contributed by atoms with van der Waals surface area (Å²) in [4.78, 5) is 23.5. The molecule has 4 nitrogen and oxygen atoms in total. The van der Waals surface area contributed by atoms with Crippen molar-refractivity contribution in [2.75, 3.05) is 0 Å². The molecule has 2 N–H and O–H groups in total. The SMILES string of the molecule is CCC(CC)(c1ncc[nH]1)c1ccc(-c2ccc3cc(F)cc(F)c3c2)[nH]c1=O. The largest absolute Gasteiger partial charge is 0.348 e. The minimum absolute atomic E-state index is 0.206. The number of rotatable bonds is 5. The van der Waals surface area contributed by atoms with Crippen molar-refractivity contribution in [1.29, 1.82) is 0 Å². The van der Waals surface area contributed by atoms with Crippen LogP contribution in [0.2, 0.25) is 0 Å². The molecule has 0 bridgehead atoms. The third kappa shape index (κ3) is 3.14. The number of H-pyrrole nitrogens is 2. The molecule has 0 radical (unpaired) electrons. The van der Waals surface area contributed by atoms with Crippen molar-refractivity contribution in [3.63, 3.8) is 0 Å². The molecule has 2 aromatic carbocycles. The summed E-state index contributed by atoms with van der Waals surface area (Å²) >= 11 is 0. The Kier molecular flexibility index (Phi) is 4.78. The van der Waals surface area contributed by atoms with Crippen molar-refractivity contribution in [2.45, 2.75) is 32.1 Å². The molecule has 0 saturated carbocycles. The first kappa shape index (κ1) is 19.1. The molecule has 4 rings (SSSR count). The number of nitrogens with zero attached hydrogens (tertiary/aromatic N) is 1. The van der Waals surface area contributed by atoms with Crippen LogP contribution in [0, 0.1) is 11.6 Å². The molecular formula is C23H21F2N3O. The molecule has 2 heterocycles. The molecule has 0 aliphatic rings. The summed E-state index contributed by atoms with van der Waals surface area (Å²) < 4.78 is 27.6. The van der Waals surface area contributed by atoms with Gasteiger partial charge in [0.1, 0.15) is 17.5 Å². The highest BCUT2D eigenvalue weighted by Crippen LogP contribution is 2.35. The van der Waals surface area contributed by atoms with Crippen molar-refractivity contribution >= 4 is 10.8 Å². The fourth-order valence-electron chi connectivity index (χ4n) is 4.08. The maximum Gasteiger partial charge on any atom is 0.252 e. The Balaban J connectivity index is 1.82. The first-order chi connectivity index (χ1) is 14.0. The number of aromatic amines is 2. The molecule has 2 aromatic heterocycles. The van der Waals surface area contributed by atoms with Crippen molar-refractivity contribution in [3.8, 4) is 11.3 Å². The van der Waals surface area contributed by atoms with E-state index in [1.807, 2.05) is 26.0 Å². The molecule has 4 aromatic rings. The van der Waals surface area contributed by atoms with Crippen LogP contribution in [0.4, 0.5) is 8.78 Å². The normalized spacial score (nSPS) is 11.9. The first-order valence-electron chi connectivity index (χ1n) is 9.61. The molecule has 0 aliphatic carbocycles.